The molecule has 1 N–H and O–H groups in total. The van der Waals surface area contributed by atoms with Crippen LogP contribution in [0.3, 0.4) is 0 Å². The molecule has 19 heavy (non-hydrogen) atoms. The molecule has 0 saturated heterocycles. The second kappa shape index (κ2) is 6.19. The van der Waals surface area contributed by atoms with Gasteiger partial charge in [-0.1, -0.05) is 23.9 Å². The quantitative estimate of drug-likeness (QED) is 0.667. The maximum Gasteiger partial charge on any atom is 0.306 e. The number of rotatable bonds is 5. The van der Waals surface area contributed by atoms with Gasteiger partial charge in [0.1, 0.15) is 10.7 Å². The average Bonchev–Trinajstić information content (AvgIpc) is 2.40. The standard InChI is InChI=1S/C13H13N3O2S/c1-2-14-10-6-5-7-11(13(10)16(17)18)19-12-8-3-4-9-15-12/h3-9,14H,2H2,1H3. The lowest BCUT2D eigenvalue weighted by molar-refractivity contribution is -0.386. The highest BCUT2D eigenvalue weighted by Crippen LogP contribution is 2.38. The van der Waals surface area contributed by atoms with Gasteiger partial charge in [-0.25, -0.2) is 4.98 Å². The Labute approximate surface area is 115 Å². The number of hydrogen-bond donors (Lipinski definition) is 1. The van der Waals surface area contributed by atoms with E-state index in [9.17, 15) is 10.1 Å². The Hall–Kier alpha value is -2.08. The van der Waals surface area contributed by atoms with Crippen LogP contribution in [0.25, 0.3) is 0 Å². The van der Waals surface area contributed by atoms with E-state index < -0.39 is 0 Å². The minimum Gasteiger partial charge on any atom is -0.380 e. The number of hydrogen-bond acceptors (Lipinski definition) is 5. The lowest BCUT2D eigenvalue weighted by atomic mass is 10.2. The van der Waals surface area contributed by atoms with E-state index in [0.717, 1.165) is 5.03 Å². The summed E-state index contributed by atoms with van der Waals surface area (Å²) in [6.45, 7) is 2.54. The summed E-state index contributed by atoms with van der Waals surface area (Å²) in [7, 11) is 0. The van der Waals surface area contributed by atoms with Gasteiger partial charge in [0.2, 0.25) is 0 Å². The number of benzene rings is 1. The van der Waals surface area contributed by atoms with Crippen LogP contribution in [-0.4, -0.2) is 16.5 Å². The zero-order chi connectivity index (χ0) is 13.7. The average molecular weight is 275 g/mol. The summed E-state index contributed by atoms with van der Waals surface area (Å²) in [5, 5.41) is 15.0. The van der Waals surface area contributed by atoms with Crippen molar-refractivity contribution in [1.82, 2.24) is 4.98 Å². The minimum atomic E-state index is -0.358. The molecule has 0 bridgehead atoms. The Morgan fingerprint density at radius 1 is 1.32 bits per heavy atom. The first-order valence-corrected chi connectivity index (χ1v) is 6.64. The van der Waals surface area contributed by atoms with Gasteiger partial charge in [-0.3, -0.25) is 10.1 Å². The van der Waals surface area contributed by atoms with Crippen LogP contribution in [0.2, 0.25) is 0 Å². The van der Waals surface area contributed by atoms with Crippen LogP contribution in [-0.2, 0) is 0 Å². The van der Waals surface area contributed by atoms with Gasteiger partial charge in [0.15, 0.2) is 0 Å². The number of nitro groups is 1. The second-order valence-corrected chi connectivity index (χ2v) is 4.77. The molecule has 2 rings (SSSR count). The number of aromatic nitrogens is 1. The largest absolute Gasteiger partial charge is 0.380 e. The molecule has 0 unspecified atom stereocenters. The van der Waals surface area contributed by atoms with Crippen LogP contribution in [0.4, 0.5) is 11.4 Å². The van der Waals surface area contributed by atoms with Crippen LogP contribution in [0.1, 0.15) is 6.92 Å². The molecule has 0 amide bonds. The summed E-state index contributed by atoms with van der Waals surface area (Å²) >= 11 is 1.29. The van der Waals surface area contributed by atoms with Gasteiger partial charge in [-0.2, -0.15) is 0 Å². The molecule has 1 heterocycles. The molecule has 5 nitrogen and oxygen atoms in total. The molecular weight excluding hydrogens is 262 g/mol. The molecule has 0 aliphatic rings. The van der Waals surface area contributed by atoms with Gasteiger partial charge in [0, 0.05) is 12.7 Å². The SMILES string of the molecule is CCNc1cccc(Sc2ccccn2)c1[N+](=O)[O-]. The summed E-state index contributed by atoms with van der Waals surface area (Å²) in [6.07, 6.45) is 1.67. The maximum absolute atomic E-state index is 11.2. The van der Waals surface area contributed by atoms with E-state index in [2.05, 4.69) is 10.3 Å². The summed E-state index contributed by atoms with van der Waals surface area (Å²) < 4.78 is 0. The van der Waals surface area contributed by atoms with Crippen LogP contribution in [0, 0.1) is 10.1 Å². The number of pyridine rings is 1. The number of nitrogens with zero attached hydrogens (tertiary/aromatic N) is 2. The molecule has 98 valence electrons. The molecule has 0 atom stereocenters. The first-order valence-electron chi connectivity index (χ1n) is 5.82. The number of nitro benzene ring substituents is 1. The van der Waals surface area contributed by atoms with E-state index in [4.69, 9.17) is 0 Å². The third kappa shape index (κ3) is 3.23. The number of anilines is 1. The van der Waals surface area contributed by atoms with Crippen molar-refractivity contribution in [3.63, 3.8) is 0 Å². The Morgan fingerprint density at radius 2 is 2.16 bits per heavy atom. The first-order chi connectivity index (χ1) is 9.22. The highest BCUT2D eigenvalue weighted by molar-refractivity contribution is 7.99. The van der Waals surface area contributed by atoms with Gasteiger partial charge in [-0.05, 0) is 31.2 Å². The normalized spacial score (nSPS) is 10.2. The van der Waals surface area contributed by atoms with Crippen LogP contribution < -0.4 is 5.32 Å². The van der Waals surface area contributed by atoms with Crippen molar-refractivity contribution in [1.29, 1.82) is 0 Å². The van der Waals surface area contributed by atoms with Gasteiger partial charge in [0.25, 0.3) is 0 Å². The Bertz CT molecular complexity index is 575. The van der Waals surface area contributed by atoms with Crippen molar-refractivity contribution >= 4 is 23.1 Å². The zero-order valence-electron chi connectivity index (χ0n) is 10.4. The van der Waals surface area contributed by atoms with Crippen molar-refractivity contribution in [3.05, 3.63) is 52.7 Å². The van der Waals surface area contributed by atoms with Crippen LogP contribution in [0.15, 0.2) is 52.5 Å². The second-order valence-electron chi connectivity index (χ2n) is 3.71. The van der Waals surface area contributed by atoms with Gasteiger partial charge >= 0.3 is 5.69 Å². The van der Waals surface area contributed by atoms with E-state index in [1.54, 1.807) is 24.4 Å². The lowest BCUT2D eigenvalue weighted by Crippen LogP contribution is -2.02. The van der Waals surface area contributed by atoms with Crippen molar-refractivity contribution in [3.8, 4) is 0 Å². The predicted molar refractivity (Wildman–Crippen MR) is 75.6 cm³/mol. The molecule has 0 fully saturated rings. The van der Waals surface area contributed by atoms with Gasteiger partial charge < -0.3 is 5.32 Å². The van der Waals surface area contributed by atoms with Gasteiger partial charge in [-0.15, -0.1) is 0 Å². The van der Waals surface area contributed by atoms with Gasteiger partial charge in [0.05, 0.1) is 9.82 Å². The Balaban J connectivity index is 2.39. The summed E-state index contributed by atoms with van der Waals surface area (Å²) in [6, 6.07) is 10.7. The van der Waals surface area contributed by atoms with E-state index in [1.165, 1.54) is 11.8 Å². The van der Waals surface area contributed by atoms with E-state index in [1.807, 2.05) is 25.1 Å². The van der Waals surface area contributed by atoms with Crippen molar-refractivity contribution in [2.45, 2.75) is 16.8 Å². The Morgan fingerprint density at radius 3 is 2.79 bits per heavy atom. The fourth-order valence-corrected chi connectivity index (χ4v) is 2.56. The van der Waals surface area contributed by atoms with Crippen molar-refractivity contribution in [2.24, 2.45) is 0 Å². The number of para-hydroxylation sites is 1. The molecule has 6 heteroatoms. The Kier molecular flexibility index (Phi) is 4.35. The summed E-state index contributed by atoms with van der Waals surface area (Å²) in [5.41, 5.74) is 0.633. The molecule has 0 radical (unpaired) electrons. The third-order valence-corrected chi connectivity index (χ3v) is 3.40. The number of nitrogens with one attached hydrogen (secondary N) is 1. The monoisotopic (exact) mass is 275 g/mol. The molecule has 1 aromatic heterocycles. The first kappa shape index (κ1) is 13.4. The smallest absolute Gasteiger partial charge is 0.306 e. The molecule has 2 aromatic rings. The highest BCUT2D eigenvalue weighted by Gasteiger charge is 2.20. The third-order valence-electron chi connectivity index (χ3n) is 2.40. The molecule has 1 aromatic carbocycles. The lowest BCUT2D eigenvalue weighted by Gasteiger charge is -2.08. The molecule has 0 aliphatic heterocycles. The predicted octanol–water partition coefficient (Wildman–Crippen LogP) is 3.57. The topological polar surface area (TPSA) is 68.1 Å². The van der Waals surface area contributed by atoms with E-state index in [-0.39, 0.29) is 10.6 Å². The molecule has 0 aliphatic carbocycles. The summed E-state index contributed by atoms with van der Waals surface area (Å²) in [5.74, 6) is 0. The van der Waals surface area contributed by atoms with E-state index in [0.29, 0.717) is 17.1 Å². The zero-order valence-corrected chi connectivity index (χ0v) is 11.2. The van der Waals surface area contributed by atoms with Crippen LogP contribution >= 0.6 is 11.8 Å². The van der Waals surface area contributed by atoms with Crippen molar-refractivity contribution < 1.29 is 4.92 Å². The minimum absolute atomic E-state index is 0.0972. The van der Waals surface area contributed by atoms with Crippen molar-refractivity contribution in [2.75, 3.05) is 11.9 Å². The fourth-order valence-electron chi connectivity index (χ4n) is 1.65. The molecule has 0 saturated carbocycles. The highest BCUT2D eigenvalue weighted by atomic mass is 32.2. The fraction of sp³-hybridized carbons (Fsp3) is 0.154. The molecular formula is C13H13N3O2S. The van der Waals surface area contributed by atoms with E-state index >= 15 is 0 Å². The van der Waals surface area contributed by atoms with Crippen LogP contribution in [0.5, 0.6) is 0 Å². The molecule has 0 spiro atoms. The summed E-state index contributed by atoms with van der Waals surface area (Å²) in [4.78, 5) is 15.6. The maximum atomic E-state index is 11.2.